The van der Waals surface area contributed by atoms with E-state index in [4.69, 9.17) is 0 Å². The van der Waals surface area contributed by atoms with Crippen LogP contribution in [0.15, 0.2) is 48.9 Å². The van der Waals surface area contributed by atoms with E-state index in [1.807, 2.05) is 29.1 Å². The monoisotopic (exact) mass is 240 g/mol. The Kier molecular flexibility index (Phi) is 2.67. The molecule has 1 unspecified atom stereocenters. The number of rotatable bonds is 3. The maximum atomic E-state index is 9.34. The van der Waals surface area contributed by atoms with Gasteiger partial charge in [0.25, 0.3) is 0 Å². The van der Waals surface area contributed by atoms with Gasteiger partial charge in [-0.25, -0.2) is 4.68 Å². The second-order valence-corrected chi connectivity index (χ2v) is 4.80. The van der Waals surface area contributed by atoms with E-state index in [0.717, 1.165) is 18.5 Å². The molecule has 0 aliphatic heterocycles. The minimum absolute atomic E-state index is 0.264. The SMILES string of the molecule is C=C(O)CC1CCc2c1cnn2-c1ccccc1. The third-order valence-electron chi connectivity index (χ3n) is 3.55. The largest absolute Gasteiger partial charge is 0.513 e. The standard InChI is InChI=1S/C15H16N2O/c1-11(18)9-12-7-8-15-14(12)10-16-17(15)13-5-3-2-4-6-13/h2-6,10,12,18H,1,7-9H2. The van der Waals surface area contributed by atoms with Crippen molar-refractivity contribution in [2.75, 3.05) is 0 Å². The van der Waals surface area contributed by atoms with Gasteiger partial charge in [-0.15, -0.1) is 0 Å². The zero-order valence-electron chi connectivity index (χ0n) is 10.2. The second-order valence-electron chi connectivity index (χ2n) is 4.80. The number of hydrogen-bond acceptors (Lipinski definition) is 2. The quantitative estimate of drug-likeness (QED) is 0.835. The Hall–Kier alpha value is -2.03. The third-order valence-corrected chi connectivity index (χ3v) is 3.55. The molecule has 1 aromatic carbocycles. The Bertz CT molecular complexity index is 571. The van der Waals surface area contributed by atoms with Crippen molar-refractivity contribution in [3.8, 4) is 5.69 Å². The molecule has 1 aromatic heterocycles. The lowest BCUT2D eigenvalue weighted by atomic mass is 10.00. The summed E-state index contributed by atoms with van der Waals surface area (Å²) in [5.74, 6) is 0.635. The molecule has 0 bridgehead atoms. The molecular formula is C15H16N2O. The van der Waals surface area contributed by atoms with Gasteiger partial charge in [0.15, 0.2) is 0 Å². The topological polar surface area (TPSA) is 38.1 Å². The number of benzene rings is 1. The number of aromatic nitrogens is 2. The summed E-state index contributed by atoms with van der Waals surface area (Å²) in [5.41, 5.74) is 3.63. The fraction of sp³-hybridized carbons (Fsp3) is 0.267. The van der Waals surface area contributed by atoms with Gasteiger partial charge in [0.2, 0.25) is 0 Å². The highest BCUT2D eigenvalue weighted by Gasteiger charge is 2.27. The summed E-state index contributed by atoms with van der Waals surface area (Å²) < 4.78 is 2.01. The van der Waals surface area contributed by atoms with Crippen LogP contribution in [0.4, 0.5) is 0 Å². The minimum Gasteiger partial charge on any atom is -0.513 e. The van der Waals surface area contributed by atoms with Crippen LogP contribution in [0.2, 0.25) is 0 Å². The van der Waals surface area contributed by atoms with Gasteiger partial charge in [-0.2, -0.15) is 5.10 Å². The maximum absolute atomic E-state index is 9.34. The van der Waals surface area contributed by atoms with Gasteiger partial charge in [0.1, 0.15) is 0 Å². The summed E-state index contributed by atoms with van der Waals surface area (Å²) in [4.78, 5) is 0. The minimum atomic E-state index is 0.264. The predicted octanol–water partition coefficient (Wildman–Crippen LogP) is 3.36. The van der Waals surface area contributed by atoms with E-state index in [9.17, 15) is 5.11 Å². The van der Waals surface area contributed by atoms with Crippen LogP contribution >= 0.6 is 0 Å². The second kappa shape index (κ2) is 4.33. The zero-order chi connectivity index (χ0) is 12.5. The first-order chi connectivity index (χ1) is 8.75. The lowest BCUT2D eigenvalue weighted by Crippen LogP contribution is -2.00. The molecule has 3 heteroatoms. The van der Waals surface area contributed by atoms with E-state index in [2.05, 4.69) is 23.8 Å². The first-order valence-corrected chi connectivity index (χ1v) is 6.24. The molecule has 1 aliphatic rings. The van der Waals surface area contributed by atoms with Crippen molar-refractivity contribution < 1.29 is 5.11 Å². The fourth-order valence-electron chi connectivity index (χ4n) is 2.73. The van der Waals surface area contributed by atoms with Gasteiger partial charge in [-0.05, 0) is 36.5 Å². The van der Waals surface area contributed by atoms with Crippen LogP contribution in [0.25, 0.3) is 5.69 Å². The van der Waals surface area contributed by atoms with Crippen LogP contribution in [0.5, 0.6) is 0 Å². The van der Waals surface area contributed by atoms with Gasteiger partial charge in [-0.3, -0.25) is 0 Å². The molecule has 0 saturated heterocycles. The molecule has 0 radical (unpaired) electrons. The molecular weight excluding hydrogens is 224 g/mol. The third kappa shape index (κ3) is 1.82. The molecule has 0 spiro atoms. The van der Waals surface area contributed by atoms with Crippen molar-refractivity contribution in [3.05, 3.63) is 60.1 Å². The maximum Gasteiger partial charge on any atom is 0.0857 e. The zero-order valence-corrected chi connectivity index (χ0v) is 10.2. The van der Waals surface area contributed by atoms with Crippen LogP contribution in [-0.4, -0.2) is 14.9 Å². The molecule has 2 aromatic rings. The Morgan fingerprint density at radius 3 is 2.89 bits per heavy atom. The summed E-state index contributed by atoms with van der Waals surface area (Å²) in [5, 5.41) is 13.8. The van der Waals surface area contributed by atoms with Crippen molar-refractivity contribution in [1.29, 1.82) is 0 Å². The first kappa shape index (κ1) is 11.1. The van der Waals surface area contributed by atoms with Crippen LogP contribution in [0, 0.1) is 0 Å². The Labute approximate surface area is 106 Å². The van der Waals surface area contributed by atoms with Crippen molar-refractivity contribution in [3.63, 3.8) is 0 Å². The van der Waals surface area contributed by atoms with E-state index < -0.39 is 0 Å². The highest BCUT2D eigenvalue weighted by molar-refractivity contribution is 5.38. The highest BCUT2D eigenvalue weighted by Crippen LogP contribution is 2.37. The predicted molar refractivity (Wildman–Crippen MR) is 71.0 cm³/mol. The molecule has 18 heavy (non-hydrogen) atoms. The van der Waals surface area contributed by atoms with E-state index >= 15 is 0 Å². The highest BCUT2D eigenvalue weighted by atomic mass is 16.3. The number of nitrogens with zero attached hydrogens (tertiary/aromatic N) is 2. The average molecular weight is 240 g/mol. The lowest BCUT2D eigenvalue weighted by Gasteiger charge is -2.06. The fourth-order valence-corrected chi connectivity index (χ4v) is 2.73. The Balaban J connectivity index is 1.96. The molecule has 0 saturated carbocycles. The van der Waals surface area contributed by atoms with Gasteiger partial charge in [0.05, 0.1) is 17.6 Å². The molecule has 92 valence electrons. The van der Waals surface area contributed by atoms with E-state index in [0.29, 0.717) is 12.3 Å². The Morgan fingerprint density at radius 2 is 2.17 bits per heavy atom. The average Bonchev–Trinajstić information content (AvgIpc) is 2.93. The summed E-state index contributed by atoms with van der Waals surface area (Å²) in [7, 11) is 0. The molecule has 0 amide bonds. The molecule has 1 aliphatic carbocycles. The molecule has 0 fully saturated rings. The van der Waals surface area contributed by atoms with Crippen molar-refractivity contribution in [2.45, 2.75) is 25.2 Å². The number of hydrogen-bond donors (Lipinski definition) is 1. The molecule has 1 N–H and O–H groups in total. The Morgan fingerprint density at radius 1 is 1.39 bits per heavy atom. The molecule has 3 nitrogen and oxygen atoms in total. The van der Waals surface area contributed by atoms with Gasteiger partial charge in [0, 0.05) is 12.1 Å². The summed E-state index contributed by atoms with van der Waals surface area (Å²) >= 11 is 0. The smallest absolute Gasteiger partial charge is 0.0857 e. The summed E-state index contributed by atoms with van der Waals surface area (Å²) in [6.07, 6.45) is 4.66. The number of fused-ring (bicyclic) bond motifs is 1. The van der Waals surface area contributed by atoms with Crippen LogP contribution < -0.4 is 0 Å². The van der Waals surface area contributed by atoms with Gasteiger partial charge < -0.3 is 5.11 Å². The van der Waals surface area contributed by atoms with E-state index in [1.165, 1.54) is 11.3 Å². The molecule has 1 heterocycles. The number of para-hydroxylation sites is 1. The first-order valence-electron chi connectivity index (χ1n) is 6.24. The van der Waals surface area contributed by atoms with Crippen LogP contribution in [-0.2, 0) is 6.42 Å². The number of aliphatic hydroxyl groups is 1. The normalized spacial score (nSPS) is 17.7. The van der Waals surface area contributed by atoms with Crippen LogP contribution in [0.1, 0.15) is 30.0 Å². The van der Waals surface area contributed by atoms with E-state index in [1.54, 1.807) is 0 Å². The van der Waals surface area contributed by atoms with E-state index in [-0.39, 0.29) is 5.76 Å². The van der Waals surface area contributed by atoms with Gasteiger partial charge >= 0.3 is 0 Å². The van der Waals surface area contributed by atoms with Crippen LogP contribution in [0.3, 0.4) is 0 Å². The summed E-state index contributed by atoms with van der Waals surface area (Å²) in [6, 6.07) is 10.2. The number of allylic oxidation sites excluding steroid dienone is 1. The number of aliphatic hydroxyl groups excluding tert-OH is 1. The van der Waals surface area contributed by atoms with Crippen molar-refractivity contribution >= 4 is 0 Å². The molecule has 3 rings (SSSR count). The lowest BCUT2D eigenvalue weighted by molar-refractivity contribution is 0.375. The van der Waals surface area contributed by atoms with Crippen molar-refractivity contribution in [1.82, 2.24) is 9.78 Å². The van der Waals surface area contributed by atoms with Gasteiger partial charge in [-0.1, -0.05) is 24.8 Å². The summed E-state index contributed by atoms with van der Waals surface area (Å²) in [6.45, 7) is 3.58. The van der Waals surface area contributed by atoms with Crippen molar-refractivity contribution in [2.24, 2.45) is 0 Å². The molecule has 1 atom stereocenters.